The molecule has 108 valence electrons. The van der Waals surface area contributed by atoms with E-state index in [0.717, 1.165) is 29.7 Å². The van der Waals surface area contributed by atoms with Crippen LogP contribution in [0.15, 0.2) is 24.3 Å². The van der Waals surface area contributed by atoms with Crippen molar-refractivity contribution in [3.05, 3.63) is 24.3 Å². The lowest BCUT2D eigenvalue weighted by Gasteiger charge is -2.25. The van der Waals surface area contributed by atoms with Crippen LogP contribution in [0.25, 0.3) is 10.9 Å². The van der Waals surface area contributed by atoms with Gasteiger partial charge in [0.1, 0.15) is 5.82 Å². The maximum absolute atomic E-state index is 9.35. The number of nitrogens with one attached hydrogen (secondary N) is 1. The van der Waals surface area contributed by atoms with E-state index in [-0.39, 0.29) is 12.6 Å². The fourth-order valence-electron chi connectivity index (χ4n) is 1.98. The van der Waals surface area contributed by atoms with E-state index in [1.807, 2.05) is 43.1 Å². The molecule has 2 rings (SSSR count). The quantitative estimate of drug-likeness (QED) is 0.846. The minimum atomic E-state index is 0.00679. The number of para-hydroxylation sites is 1. The lowest BCUT2D eigenvalue weighted by atomic mass is 10.2. The summed E-state index contributed by atoms with van der Waals surface area (Å²) in [5.74, 6) is 1.48. The van der Waals surface area contributed by atoms with Crippen LogP contribution in [-0.2, 0) is 0 Å². The van der Waals surface area contributed by atoms with Crippen LogP contribution in [0.2, 0.25) is 0 Å². The molecule has 0 aliphatic carbocycles. The number of anilines is 2. The van der Waals surface area contributed by atoms with Crippen LogP contribution < -0.4 is 10.2 Å². The van der Waals surface area contributed by atoms with E-state index >= 15 is 0 Å². The van der Waals surface area contributed by atoms with Crippen molar-refractivity contribution in [1.82, 2.24) is 9.97 Å². The van der Waals surface area contributed by atoms with Crippen molar-refractivity contribution in [2.75, 3.05) is 30.4 Å². The number of aliphatic hydroxyl groups excluding tert-OH is 1. The molecular weight excluding hydrogens is 252 g/mol. The number of benzene rings is 1. The van der Waals surface area contributed by atoms with Gasteiger partial charge in [-0.05, 0) is 25.5 Å². The van der Waals surface area contributed by atoms with Crippen LogP contribution in [0.1, 0.15) is 20.3 Å². The van der Waals surface area contributed by atoms with E-state index in [9.17, 15) is 5.11 Å². The number of nitrogens with zero attached hydrogens (tertiary/aromatic N) is 3. The Kier molecular flexibility index (Phi) is 4.74. The van der Waals surface area contributed by atoms with E-state index in [1.54, 1.807) is 0 Å². The smallest absolute Gasteiger partial charge is 0.225 e. The summed E-state index contributed by atoms with van der Waals surface area (Å²) >= 11 is 0. The zero-order chi connectivity index (χ0) is 14.5. The Bertz CT molecular complexity index is 573. The van der Waals surface area contributed by atoms with Crippen LogP contribution in [0.3, 0.4) is 0 Å². The zero-order valence-electron chi connectivity index (χ0n) is 12.3. The summed E-state index contributed by atoms with van der Waals surface area (Å²) in [6, 6.07) is 7.95. The van der Waals surface area contributed by atoms with Gasteiger partial charge in [-0.25, -0.2) is 4.98 Å². The average molecular weight is 274 g/mol. The molecule has 0 aliphatic rings. The van der Waals surface area contributed by atoms with Crippen LogP contribution >= 0.6 is 0 Å². The molecule has 0 fully saturated rings. The third kappa shape index (κ3) is 2.99. The molecule has 2 N–H and O–H groups in total. The third-order valence-electron chi connectivity index (χ3n) is 3.38. The standard InChI is InChI=1S/C15H22N4O/c1-4-9-16-15-17-13-8-6-5-7-12(13)14(18-15)19(3)11(2)10-20/h5-8,11,20H,4,9-10H2,1-3H3,(H,16,17,18). The molecule has 0 aliphatic heterocycles. The van der Waals surface area contributed by atoms with Crippen molar-refractivity contribution in [2.24, 2.45) is 0 Å². The van der Waals surface area contributed by atoms with E-state index < -0.39 is 0 Å². The fraction of sp³-hybridized carbons (Fsp3) is 0.467. The van der Waals surface area contributed by atoms with Gasteiger partial charge in [-0.15, -0.1) is 0 Å². The molecule has 1 aromatic carbocycles. The second-order valence-electron chi connectivity index (χ2n) is 4.96. The first kappa shape index (κ1) is 14.5. The molecule has 1 heterocycles. The molecule has 2 aromatic rings. The highest BCUT2D eigenvalue weighted by Gasteiger charge is 2.15. The van der Waals surface area contributed by atoms with Gasteiger partial charge in [-0.2, -0.15) is 4.98 Å². The van der Waals surface area contributed by atoms with Crippen LogP contribution in [0.4, 0.5) is 11.8 Å². The van der Waals surface area contributed by atoms with E-state index in [1.165, 1.54) is 0 Å². The maximum Gasteiger partial charge on any atom is 0.225 e. The summed E-state index contributed by atoms with van der Waals surface area (Å²) in [5, 5.41) is 13.6. The van der Waals surface area contributed by atoms with Gasteiger partial charge in [0.25, 0.3) is 0 Å². The molecule has 1 atom stereocenters. The molecule has 1 unspecified atom stereocenters. The monoisotopic (exact) mass is 274 g/mol. The molecule has 20 heavy (non-hydrogen) atoms. The Morgan fingerprint density at radius 3 is 2.75 bits per heavy atom. The fourth-order valence-corrected chi connectivity index (χ4v) is 1.98. The SMILES string of the molecule is CCCNc1nc(N(C)C(C)CO)c2ccccc2n1. The van der Waals surface area contributed by atoms with Crippen LogP contribution in [0.5, 0.6) is 0 Å². The molecule has 1 aromatic heterocycles. The Hall–Kier alpha value is -1.88. The van der Waals surface area contributed by atoms with Gasteiger partial charge < -0.3 is 15.3 Å². The molecule has 5 nitrogen and oxygen atoms in total. The lowest BCUT2D eigenvalue weighted by molar-refractivity contribution is 0.270. The van der Waals surface area contributed by atoms with Gasteiger partial charge in [0.2, 0.25) is 5.95 Å². The van der Waals surface area contributed by atoms with Gasteiger partial charge >= 0.3 is 0 Å². The van der Waals surface area contributed by atoms with Crippen molar-refractivity contribution in [2.45, 2.75) is 26.3 Å². The number of fused-ring (bicyclic) bond motifs is 1. The normalized spacial score (nSPS) is 12.4. The van der Waals surface area contributed by atoms with E-state index in [4.69, 9.17) is 0 Å². The van der Waals surface area contributed by atoms with Gasteiger partial charge in [0.15, 0.2) is 0 Å². The summed E-state index contributed by atoms with van der Waals surface area (Å²) in [6.45, 7) is 5.01. The third-order valence-corrected chi connectivity index (χ3v) is 3.38. The number of likely N-dealkylation sites (N-methyl/N-ethyl adjacent to an activating group) is 1. The maximum atomic E-state index is 9.35. The predicted octanol–water partition coefficient (Wildman–Crippen LogP) is 2.27. The van der Waals surface area contributed by atoms with Crippen molar-refractivity contribution in [3.8, 4) is 0 Å². The second-order valence-corrected chi connectivity index (χ2v) is 4.96. The van der Waals surface area contributed by atoms with Crippen molar-refractivity contribution in [1.29, 1.82) is 0 Å². The Morgan fingerprint density at radius 2 is 2.05 bits per heavy atom. The summed E-state index contributed by atoms with van der Waals surface area (Å²) in [4.78, 5) is 11.1. The molecular formula is C15H22N4O. The minimum Gasteiger partial charge on any atom is -0.394 e. The first-order chi connectivity index (χ1) is 9.67. The highest BCUT2D eigenvalue weighted by Crippen LogP contribution is 2.25. The van der Waals surface area contributed by atoms with Crippen LogP contribution in [0, 0.1) is 0 Å². The minimum absolute atomic E-state index is 0.00679. The Morgan fingerprint density at radius 1 is 1.30 bits per heavy atom. The molecule has 0 bridgehead atoms. The van der Waals surface area contributed by atoms with Gasteiger partial charge in [-0.1, -0.05) is 19.1 Å². The van der Waals surface area contributed by atoms with Crippen molar-refractivity contribution >= 4 is 22.7 Å². The molecule has 0 saturated heterocycles. The Balaban J connectivity index is 2.48. The molecule has 0 amide bonds. The van der Waals surface area contributed by atoms with Gasteiger partial charge in [-0.3, -0.25) is 0 Å². The molecule has 5 heteroatoms. The second kappa shape index (κ2) is 6.52. The number of aromatic nitrogens is 2. The summed E-state index contributed by atoms with van der Waals surface area (Å²) in [5.41, 5.74) is 0.910. The predicted molar refractivity (Wildman–Crippen MR) is 83.3 cm³/mol. The number of hydrogen-bond donors (Lipinski definition) is 2. The van der Waals surface area contributed by atoms with E-state index in [2.05, 4.69) is 22.2 Å². The summed E-state index contributed by atoms with van der Waals surface area (Å²) in [6.07, 6.45) is 1.02. The summed E-state index contributed by atoms with van der Waals surface area (Å²) in [7, 11) is 1.94. The van der Waals surface area contributed by atoms with Crippen molar-refractivity contribution in [3.63, 3.8) is 0 Å². The lowest BCUT2D eigenvalue weighted by Crippen LogP contribution is -2.32. The number of hydrogen-bond acceptors (Lipinski definition) is 5. The largest absolute Gasteiger partial charge is 0.394 e. The molecule has 0 radical (unpaired) electrons. The van der Waals surface area contributed by atoms with Crippen LogP contribution in [-0.4, -0.2) is 41.3 Å². The van der Waals surface area contributed by atoms with Gasteiger partial charge in [0, 0.05) is 19.0 Å². The molecule has 0 saturated carbocycles. The number of aliphatic hydroxyl groups is 1. The highest BCUT2D eigenvalue weighted by molar-refractivity contribution is 5.90. The highest BCUT2D eigenvalue weighted by atomic mass is 16.3. The summed E-state index contributed by atoms with van der Waals surface area (Å²) < 4.78 is 0. The topological polar surface area (TPSA) is 61.3 Å². The Labute approximate surface area is 119 Å². The molecule has 0 spiro atoms. The van der Waals surface area contributed by atoms with E-state index in [0.29, 0.717) is 5.95 Å². The average Bonchev–Trinajstić information content (AvgIpc) is 2.50. The first-order valence-electron chi connectivity index (χ1n) is 7.01. The van der Waals surface area contributed by atoms with Crippen molar-refractivity contribution < 1.29 is 5.11 Å². The first-order valence-corrected chi connectivity index (χ1v) is 7.01. The number of rotatable bonds is 6. The van der Waals surface area contributed by atoms with Gasteiger partial charge in [0.05, 0.1) is 18.2 Å². The zero-order valence-corrected chi connectivity index (χ0v) is 12.3.